The third-order valence-electron chi connectivity index (χ3n) is 7.55. The first-order valence-electron chi connectivity index (χ1n) is 13.5. The number of hydrogen-bond donors (Lipinski definition) is 6. The number of hydrogen-bond acceptors (Lipinski definition) is 10. The van der Waals surface area contributed by atoms with Gasteiger partial charge in [0.05, 0.1) is 29.1 Å². The lowest BCUT2D eigenvalue weighted by Gasteiger charge is -2.31. The number of carbonyl (C=O) groups excluding carboxylic acids is 3. The van der Waals surface area contributed by atoms with Crippen molar-refractivity contribution < 1.29 is 46.9 Å². The maximum absolute atomic E-state index is 14.7. The van der Waals surface area contributed by atoms with Crippen LogP contribution in [0.1, 0.15) is 28.5 Å². The van der Waals surface area contributed by atoms with Crippen molar-refractivity contribution in [1.82, 2.24) is 15.3 Å². The van der Waals surface area contributed by atoms with E-state index < -0.39 is 65.6 Å². The number of aliphatic hydroxyl groups is 2. The molecule has 0 aliphatic carbocycles. The molecule has 12 nitrogen and oxygen atoms in total. The summed E-state index contributed by atoms with van der Waals surface area (Å²) in [4.78, 5) is 45.6. The first-order valence-corrected chi connectivity index (χ1v) is 14.3. The second-order valence-electron chi connectivity index (χ2n) is 10.7. The number of ether oxygens (including phenoxy) is 1. The van der Waals surface area contributed by atoms with E-state index >= 15 is 0 Å². The zero-order valence-corrected chi connectivity index (χ0v) is 24.6. The number of halogens is 4. The van der Waals surface area contributed by atoms with Crippen molar-refractivity contribution in [2.24, 2.45) is 11.5 Å². The van der Waals surface area contributed by atoms with E-state index in [2.05, 4.69) is 20.6 Å². The van der Waals surface area contributed by atoms with Crippen LogP contribution in [0.15, 0.2) is 48.5 Å². The molecule has 1 aliphatic rings. The molecule has 17 heteroatoms. The summed E-state index contributed by atoms with van der Waals surface area (Å²) in [5.41, 5.74) is 4.85. The van der Waals surface area contributed by atoms with E-state index in [0.717, 1.165) is 29.5 Å². The molecule has 5 rings (SSSR count). The number of nitrogens with two attached hydrogens (primary N) is 2. The monoisotopic (exact) mass is 662 g/mol. The van der Waals surface area contributed by atoms with Gasteiger partial charge in [0, 0.05) is 16.7 Å². The average Bonchev–Trinajstić information content (AvgIpc) is 3.58. The van der Waals surface area contributed by atoms with Crippen molar-refractivity contribution in [3.8, 4) is 17.0 Å². The SMILES string of the molecule is C[C@]1(C(N)=O)COc2c1cc([C@@](O)(CNC(=O)c1ccc3nc(NC(=O)[C@H](N)CO)sc3c1)C(F)(F)F)nc2-c1ccc(F)cc1. The number of alkyl halides is 3. The van der Waals surface area contributed by atoms with E-state index in [1.807, 2.05) is 0 Å². The Kier molecular flexibility index (Phi) is 8.45. The number of primary amides is 1. The molecule has 0 spiro atoms. The predicted octanol–water partition coefficient (Wildman–Crippen LogP) is 2.07. The molecule has 3 amide bonds. The number of amides is 3. The number of nitrogens with one attached hydrogen (secondary N) is 2. The highest BCUT2D eigenvalue weighted by Gasteiger charge is 2.57. The maximum atomic E-state index is 14.7. The van der Waals surface area contributed by atoms with Gasteiger partial charge in [-0.1, -0.05) is 11.3 Å². The van der Waals surface area contributed by atoms with Crippen LogP contribution in [0.5, 0.6) is 5.75 Å². The second kappa shape index (κ2) is 11.9. The van der Waals surface area contributed by atoms with Crippen LogP contribution in [-0.2, 0) is 20.6 Å². The van der Waals surface area contributed by atoms with E-state index in [4.69, 9.17) is 21.3 Å². The summed E-state index contributed by atoms with van der Waals surface area (Å²) < 4.78 is 63.6. The molecule has 2 aromatic carbocycles. The molecule has 2 aromatic heterocycles. The number of rotatable bonds is 9. The fourth-order valence-electron chi connectivity index (χ4n) is 4.65. The lowest BCUT2D eigenvalue weighted by atomic mass is 9.81. The van der Waals surface area contributed by atoms with Crippen LogP contribution in [-0.4, -0.2) is 69.9 Å². The number of carbonyl (C=O) groups is 3. The van der Waals surface area contributed by atoms with Crippen LogP contribution in [0.4, 0.5) is 22.7 Å². The number of aliphatic hydroxyl groups excluding tert-OH is 1. The lowest BCUT2D eigenvalue weighted by molar-refractivity contribution is -0.265. The summed E-state index contributed by atoms with van der Waals surface area (Å²) >= 11 is 0.951. The average molecular weight is 663 g/mol. The maximum Gasteiger partial charge on any atom is 0.424 e. The molecule has 0 saturated carbocycles. The van der Waals surface area contributed by atoms with Crippen molar-refractivity contribution in [2.75, 3.05) is 25.1 Å². The number of nitrogens with zero attached hydrogens (tertiary/aromatic N) is 2. The van der Waals surface area contributed by atoms with Gasteiger partial charge in [0.1, 0.15) is 35.3 Å². The first kappa shape index (κ1) is 32.7. The summed E-state index contributed by atoms with van der Waals surface area (Å²) in [7, 11) is 0. The number of pyridine rings is 1. The van der Waals surface area contributed by atoms with E-state index in [0.29, 0.717) is 10.2 Å². The van der Waals surface area contributed by atoms with Crippen molar-refractivity contribution in [3.63, 3.8) is 0 Å². The van der Waals surface area contributed by atoms with Crippen LogP contribution in [0.25, 0.3) is 21.5 Å². The van der Waals surface area contributed by atoms with Crippen LogP contribution in [0.3, 0.4) is 0 Å². The second-order valence-corrected chi connectivity index (χ2v) is 11.8. The number of anilines is 1. The fraction of sp³-hybridized carbons (Fsp3) is 0.276. The van der Waals surface area contributed by atoms with E-state index in [9.17, 15) is 37.1 Å². The third-order valence-corrected chi connectivity index (χ3v) is 8.48. The minimum Gasteiger partial charge on any atom is -0.489 e. The van der Waals surface area contributed by atoms with Gasteiger partial charge in [0.25, 0.3) is 5.91 Å². The summed E-state index contributed by atoms with van der Waals surface area (Å²) in [5.74, 6) is -3.28. The van der Waals surface area contributed by atoms with E-state index in [1.54, 1.807) is 0 Å². The van der Waals surface area contributed by atoms with Crippen molar-refractivity contribution in [1.29, 1.82) is 0 Å². The minimum absolute atomic E-state index is 0.0584. The van der Waals surface area contributed by atoms with Gasteiger partial charge in [-0.3, -0.25) is 14.4 Å². The molecule has 0 bridgehead atoms. The van der Waals surface area contributed by atoms with Gasteiger partial charge in [0.2, 0.25) is 17.4 Å². The predicted molar refractivity (Wildman–Crippen MR) is 157 cm³/mol. The zero-order valence-electron chi connectivity index (χ0n) is 23.8. The Morgan fingerprint density at radius 3 is 2.46 bits per heavy atom. The van der Waals surface area contributed by atoms with Crippen LogP contribution in [0.2, 0.25) is 0 Å². The number of benzene rings is 2. The Morgan fingerprint density at radius 1 is 1.13 bits per heavy atom. The fourth-order valence-corrected chi connectivity index (χ4v) is 5.56. The smallest absolute Gasteiger partial charge is 0.424 e. The third kappa shape index (κ3) is 5.84. The highest BCUT2D eigenvalue weighted by Crippen LogP contribution is 2.47. The van der Waals surface area contributed by atoms with Gasteiger partial charge in [-0.2, -0.15) is 13.2 Å². The quantitative estimate of drug-likeness (QED) is 0.145. The lowest BCUT2D eigenvalue weighted by Crippen LogP contribution is -2.51. The van der Waals surface area contributed by atoms with Gasteiger partial charge in [-0.15, -0.1) is 0 Å². The number of aromatic nitrogens is 2. The molecule has 242 valence electrons. The number of thiazole rings is 1. The van der Waals surface area contributed by atoms with Gasteiger partial charge < -0.3 is 37.1 Å². The van der Waals surface area contributed by atoms with Gasteiger partial charge in [-0.25, -0.2) is 14.4 Å². The minimum atomic E-state index is -5.39. The van der Waals surface area contributed by atoms with Crippen molar-refractivity contribution in [3.05, 3.63) is 71.2 Å². The van der Waals surface area contributed by atoms with E-state index in [1.165, 1.54) is 37.3 Å². The first-order chi connectivity index (χ1) is 21.6. The van der Waals surface area contributed by atoms with Crippen LogP contribution < -0.4 is 26.8 Å². The molecule has 8 N–H and O–H groups in total. The summed E-state index contributed by atoms with van der Waals surface area (Å²) in [6, 6.07) is 8.27. The van der Waals surface area contributed by atoms with Gasteiger partial charge >= 0.3 is 6.18 Å². The molecule has 0 radical (unpaired) electrons. The molecule has 3 atom stereocenters. The largest absolute Gasteiger partial charge is 0.489 e. The van der Waals surface area contributed by atoms with Gasteiger partial charge in [0.15, 0.2) is 5.13 Å². The summed E-state index contributed by atoms with van der Waals surface area (Å²) in [5, 5.41) is 24.9. The zero-order chi connectivity index (χ0) is 33.6. The van der Waals surface area contributed by atoms with Crippen molar-refractivity contribution >= 4 is 44.4 Å². The molecule has 0 saturated heterocycles. The molecule has 46 heavy (non-hydrogen) atoms. The highest BCUT2D eigenvalue weighted by atomic mass is 32.1. The molecular formula is C29H26F4N6O6S. The Balaban J connectivity index is 1.49. The summed E-state index contributed by atoms with van der Waals surface area (Å²) in [6.07, 6.45) is -5.39. The van der Waals surface area contributed by atoms with Crippen LogP contribution >= 0.6 is 11.3 Å². The van der Waals surface area contributed by atoms with Gasteiger partial charge in [-0.05, 0) is 55.5 Å². The molecule has 0 unspecified atom stereocenters. The Bertz CT molecular complexity index is 1850. The molecule has 0 fully saturated rings. The Morgan fingerprint density at radius 2 is 1.83 bits per heavy atom. The van der Waals surface area contributed by atoms with E-state index in [-0.39, 0.29) is 39.9 Å². The number of fused-ring (bicyclic) bond motifs is 2. The summed E-state index contributed by atoms with van der Waals surface area (Å²) in [6.45, 7) is -0.948. The normalized spacial score (nSPS) is 17.9. The molecule has 1 aliphatic heterocycles. The Labute approximate surface area is 261 Å². The van der Waals surface area contributed by atoms with Crippen LogP contribution in [0, 0.1) is 5.82 Å². The molecule has 3 heterocycles. The van der Waals surface area contributed by atoms with Crippen molar-refractivity contribution in [2.45, 2.75) is 30.2 Å². The molecular weight excluding hydrogens is 636 g/mol. The molecule has 4 aromatic rings. The Hall–Kier alpha value is -4.71. The topological polar surface area (TPSA) is 203 Å². The standard InChI is InChI=1S/C29H26F4N6O6S/c1-27(25(35)43)12-45-22-16(27)9-20(38-21(22)13-2-5-15(30)6-3-13)28(44,29(31,32)33)11-36-23(41)14-4-7-18-19(8-14)46-26(37-18)39-24(42)17(34)10-40/h2-9,17,40,44H,10-12,34H2,1H3,(H2,35,43)(H,36,41)(H,37,39,42)/t17-,27+,28+/m1/s1. The highest BCUT2D eigenvalue weighted by molar-refractivity contribution is 7.22.